The summed E-state index contributed by atoms with van der Waals surface area (Å²) in [5.41, 5.74) is 2.40. The van der Waals surface area contributed by atoms with Crippen molar-refractivity contribution in [2.24, 2.45) is 0 Å². The van der Waals surface area contributed by atoms with E-state index in [0.717, 1.165) is 6.42 Å². The number of hydrogen-bond acceptors (Lipinski definition) is 5. The molecule has 1 fully saturated rings. The molecule has 0 bridgehead atoms. The molecule has 2 heterocycles. The molecule has 0 N–H and O–H groups in total. The third-order valence-electron chi connectivity index (χ3n) is 7.50. The molecule has 0 saturated carbocycles. The minimum Gasteiger partial charge on any atom is -0.495 e. The number of aryl methyl sites for hydroxylation is 1. The Bertz CT molecular complexity index is 1480. The van der Waals surface area contributed by atoms with Crippen LogP contribution in [0.5, 0.6) is 5.75 Å². The molecule has 0 spiro atoms. The number of nitrogens with zero attached hydrogens (tertiary/aromatic N) is 4. The molecule has 1 amide bonds. The molecule has 0 aliphatic carbocycles. The van der Waals surface area contributed by atoms with Gasteiger partial charge in [-0.3, -0.25) is 19.1 Å². The molecule has 1 aliphatic rings. The molecule has 0 radical (unpaired) electrons. The highest BCUT2D eigenvalue weighted by Crippen LogP contribution is 2.29. The van der Waals surface area contributed by atoms with Gasteiger partial charge in [0.2, 0.25) is 5.91 Å². The van der Waals surface area contributed by atoms with Gasteiger partial charge in [0, 0.05) is 32.1 Å². The van der Waals surface area contributed by atoms with Crippen LogP contribution in [0.1, 0.15) is 37.7 Å². The summed E-state index contributed by atoms with van der Waals surface area (Å²) in [7, 11) is 1.61. The first-order chi connectivity index (χ1) is 18.5. The van der Waals surface area contributed by atoms with E-state index in [4.69, 9.17) is 9.72 Å². The van der Waals surface area contributed by atoms with E-state index in [-0.39, 0.29) is 23.6 Å². The molecule has 7 heteroatoms. The average Bonchev–Trinajstić information content (AvgIpc) is 2.96. The van der Waals surface area contributed by atoms with E-state index in [2.05, 4.69) is 30.9 Å². The van der Waals surface area contributed by atoms with E-state index in [9.17, 15) is 9.59 Å². The summed E-state index contributed by atoms with van der Waals surface area (Å²) in [6.07, 6.45) is 1.25. The lowest BCUT2D eigenvalue weighted by Gasteiger charge is -2.42. The Morgan fingerprint density at radius 1 is 1.00 bits per heavy atom. The normalized spacial score (nSPS) is 16.9. The fraction of sp³-hybridized carbons (Fsp3) is 0.323. The maximum absolute atomic E-state index is 13.8. The zero-order chi connectivity index (χ0) is 26.6. The second-order valence-corrected chi connectivity index (χ2v) is 9.89. The average molecular weight is 511 g/mol. The van der Waals surface area contributed by atoms with Crippen molar-refractivity contribution < 1.29 is 9.53 Å². The molecule has 2 atom stereocenters. The molecular weight excluding hydrogens is 476 g/mol. The third-order valence-corrected chi connectivity index (χ3v) is 7.50. The Hall–Kier alpha value is -3.97. The lowest BCUT2D eigenvalue weighted by atomic mass is 10.1. The molecule has 1 aliphatic heterocycles. The molecule has 1 aromatic heterocycles. The quantitative estimate of drug-likeness (QED) is 0.363. The number of hydrogen-bond donors (Lipinski definition) is 0. The number of carbonyl (C=O) groups excluding carboxylic acids is 1. The second-order valence-electron chi connectivity index (χ2n) is 9.89. The highest BCUT2D eigenvalue weighted by atomic mass is 16.5. The highest BCUT2D eigenvalue weighted by molar-refractivity contribution is 5.78. The van der Waals surface area contributed by atoms with Crippen molar-refractivity contribution >= 4 is 16.8 Å². The van der Waals surface area contributed by atoms with Crippen LogP contribution in [0.3, 0.4) is 0 Å². The maximum Gasteiger partial charge on any atom is 0.266 e. The highest BCUT2D eigenvalue weighted by Gasteiger charge is 2.32. The second kappa shape index (κ2) is 11.2. The number of amides is 1. The minimum atomic E-state index is -0.152. The van der Waals surface area contributed by atoms with E-state index in [0.29, 0.717) is 54.2 Å². The Labute approximate surface area is 223 Å². The topological polar surface area (TPSA) is 67.7 Å². The largest absolute Gasteiger partial charge is 0.495 e. The smallest absolute Gasteiger partial charge is 0.266 e. The van der Waals surface area contributed by atoms with Crippen LogP contribution in [-0.4, -0.2) is 58.0 Å². The van der Waals surface area contributed by atoms with Crippen molar-refractivity contribution in [2.45, 2.75) is 38.8 Å². The number of methoxy groups -OCH3 is 1. The fourth-order valence-corrected chi connectivity index (χ4v) is 5.39. The summed E-state index contributed by atoms with van der Waals surface area (Å²) >= 11 is 0. The predicted molar refractivity (Wildman–Crippen MR) is 150 cm³/mol. The van der Waals surface area contributed by atoms with Crippen molar-refractivity contribution in [3.63, 3.8) is 0 Å². The van der Waals surface area contributed by atoms with Crippen LogP contribution in [0.25, 0.3) is 16.6 Å². The molecule has 5 rings (SSSR count). The number of rotatable bonds is 7. The van der Waals surface area contributed by atoms with Crippen molar-refractivity contribution in [1.29, 1.82) is 0 Å². The number of piperazine rings is 1. The monoisotopic (exact) mass is 510 g/mol. The van der Waals surface area contributed by atoms with Crippen LogP contribution in [0.4, 0.5) is 0 Å². The van der Waals surface area contributed by atoms with E-state index in [1.807, 2.05) is 71.6 Å². The van der Waals surface area contributed by atoms with Crippen molar-refractivity contribution in [3.05, 3.63) is 101 Å². The van der Waals surface area contributed by atoms with Gasteiger partial charge in [0.15, 0.2) is 0 Å². The zero-order valence-corrected chi connectivity index (χ0v) is 22.2. The van der Waals surface area contributed by atoms with Crippen LogP contribution in [0.2, 0.25) is 0 Å². The fourth-order valence-electron chi connectivity index (χ4n) is 5.39. The van der Waals surface area contributed by atoms with E-state index in [1.54, 1.807) is 11.7 Å². The van der Waals surface area contributed by atoms with Gasteiger partial charge in [0.25, 0.3) is 5.56 Å². The SMILES string of the molecule is COc1ccccc1-n1c(C(C)N2CCN(C(=O)CCc3ccccc3)C(C)C2)nc2ccccc2c1=O. The van der Waals surface area contributed by atoms with Gasteiger partial charge in [-0.05, 0) is 50.1 Å². The number of benzene rings is 3. The van der Waals surface area contributed by atoms with Gasteiger partial charge in [0.05, 0.1) is 29.7 Å². The minimum absolute atomic E-state index is 0.0568. The first-order valence-electron chi connectivity index (χ1n) is 13.2. The summed E-state index contributed by atoms with van der Waals surface area (Å²) in [6, 6.07) is 25.0. The first kappa shape index (κ1) is 25.7. The van der Waals surface area contributed by atoms with Gasteiger partial charge in [-0.1, -0.05) is 54.6 Å². The Morgan fingerprint density at radius 3 is 2.47 bits per heavy atom. The predicted octanol–water partition coefficient (Wildman–Crippen LogP) is 4.62. The summed E-state index contributed by atoms with van der Waals surface area (Å²) in [6.45, 7) is 6.23. The van der Waals surface area contributed by atoms with Crippen molar-refractivity contribution in [1.82, 2.24) is 19.4 Å². The Morgan fingerprint density at radius 2 is 1.71 bits per heavy atom. The first-order valence-corrected chi connectivity index (χ1v) is 13.2. The molecule has 1 saturated heterocycles. The van der Waals surface area contributed by atoms with Gasteiger partial charge in [-0.15, -0.1) is 0 Å². The van der Waals surface area contributed by atoms with E-state index >= 15 is 0 Å². The standard InChI is InChI=1S/C31H34N4O3/c1-22-21-33(19-20-34(22)29(36)18-17-24-11-5-4-6-12-24)23(2)30-32-26-14-8-7-13-25(26)31(37)35(30)27-15-9-10-16-28(27)38-3/h4-16,22-23H,17-21H2,1-3H3. The lowest BCUT2D eigenvalue weighted by Crippen LogP contribution is -2.54. The van der Waals surface area contributed by atoms with Crippen LogP contribution < -0.4 is 10.3 Å². The van der Waals surface area contributed by atoms with E-state index < -0.39 is 0 Å². The summed E-state index contributed by atoms with van der Waals surface area (Å²) in [5.74, 6) is 1.46. The maximum atomic E-state index is 13.8. The van der Waals surface area contributed by atoms with Crippen LogP contribution >= 0.6 is 0 Å². The Kier molecular flexibility index (Phi) is 7.56. The lowest BCUT2D eigenvalue weighted by molar-refractivity contribution is -0.136. The van der Waals surface area contributed by atoms with Crippen LogP contribution in [-0.2, 0) is 11.2 Å². The summed E-state index contributed by atoms with van der Waals surface area (Å²) < 4.78 is 7.30. The van der Waals surface area contributed by atoms with Crippen LogP contribution in [0, 0.1) is 0 Å². The number of aromatic nitrogens is 2. The summed E-state index contributed by atoms with van der Waals surface area (Å²) in [5, 5.41) is 0.566. The molecule has 2 unspecified atom stereocenters. The molecule has 7 nitrogen and oxygen atoms in total. The number of fused-ring (bicyclic) bond motifs is 1. The van der Waals surface area contributed by atoms with Gasteiger partial charge in [-0.2, -0.15) is 0 Å². The third kappa shape index (κ3) is 5.07. The zero-order valence-electron chi connectivity index (χ0n) is 22.2. The molecule has 196 valence electrons. The number of para-hydroxylation sites is 3. The number of ether oxygens (including phenoxy) is 1. The van der Waals surface area contributed by atoms with Crippen molar-refractivity contribution in [3.8, 4) is 11.4 Å². The summed E-state index contributed by atoms with van der Waals surface area (Å²) in [4.78, 5) is 36.2. The number of carbonyl (C=O) groups is 1. The molecule has 3 aromatic carbocycles. The van der Waals surface area contributed by atoms with Crippen molar-refractivity contribution in [2.75, 3.05) is 26.7 Å². The van der Waals surface area contributed by atoms with Crippen LogP contribution in [0.15, 0.2) is 83.7 Å². The van der Waals surface area contributed by atoms with E-state index in [1.165, 1.54) is 5.56 Å². The Balaban J connectivity index is 1.41. The van der Waals surface area contributed by atoms with Gasteiger partial charge in [-0.25, -0.2) is 4.98 Å². The van der Waals surface area contributed by atoms with Gasteiger partial charge >= 0.3 is 0 Å². The van der Waals surface area contributed by atoms with Gasteiger partial charge < -0.3 is 9.64 Å². The molecule has 4 aromatic rings. The molecule has 38 heavy (non-hydrogen) atoms. The van der Waals surface area contributed by atoms with Gasteiger partial charge in [0.1, 0.15) is 11.6 Å². The molecular formula is C31H34N4O3.